The van der Waals surface area contributed by atoms with Gasteiger partial charge in [0.15, 0.2) is 6.61 Å². The van der Waals surface area contributed by atoms with Crippen molar-refractivity contribution in [1.82, 2.24) is 15.0 Å². The minimum Gasteiger partial charge on any atom is -0.484 e. The van der Waals surface area contributed by atoms with Crippen LogP contribution in [0.2, 0.25) is 0 Å². The third kappa shape index (κ3) is 4.76. The maximum atomic E-state index is 12.9. The standard InChI is InChI=1S/C22H25N3O3/c1-16-10-8-9-13-18(16)27-15-20(26)25(22(2,3)4)14-19-23-21(24-28-19)17-11-6-5-7-12-17/h5-13H,14-15H2,1-4H3. The summed E-state index contributed by atoms with van der Waals surface area (Å²) in [7, 11) is 0. The molecule has 0 aliphatic heterocycles. The number of nitrogens with zero attached hydrogens (tertiary/aromatic N) is 3. The van der Waals surface area contributed by atoms with Gasteiger partial charge in [-0.25, -0.2) is 0 Å². The molecule has 3 rings (SSSR count). The summed E-state index contributed by atoms with van der Waals surface area (Å²) >= 11 is 0. The molecule has 0 radical (unpaired) electrons. The van der Waals surface area contributed by atoms with Crippen LogP contribution in [0.25, 0.3) is 11.4 Å². The number of hydrogen-bond acceptors (Lipinski definition) is 5. The monoisotopic (exact) mass is 379 g/mol. The molecule has 6 heteroatoms. The van der Waals surface area contributed by atoms with Crippen molar-refractivity contribution in [1.29, 1.82) is 0 Å². The predicted octanol–water partition coefficient (Wildman–Crippen LogP) is 4.25. The first-order valence-corrected chi connectivity index (χ1v) is 9.21. The molecule has 0 saturated heterocycles. The van der Waals surface area contributed by atoms with Gasteiger partial charge in [-0.05, 0) is 39.3 Å². The van der Waals surface area contributed by atoms with E-state index in [-0.39, 0.29) is 19.1 Å². The van der Waals surface area contributed by atoms with Gasteiger partial charge in [-0.15, -0.1) is 0 Å². The Kier molecular flexibility index (Phi) is 5.78. The second kappa shape index (κ2) is 8.25. The van der Waals surface area contributed by atoms with Crippen molar-refractivity contribution in [3.05, 3.63) is 66.1 Å². The molecular formula is C22H25N3O3. The van der Waals surface area contributed by atoms with Crippen LogP contribution in [0.4, 0.5) is 0 Å². The van der Waals surface area contributed by atoms with Crippen LogP contribution in [0.15, 0.2) is 59.1 Å². The molecule has 0 fully saturated rings. The summed E-state index contributed by atoms with van der Waals surface area (Å²) < 4.78 is 11.1. The molecule has 0 bridgehead atoms. The van der Waals surface area contributed by atoms with Crippen molar-refractivity contribution >= 4 is 5.91 Å². The molecule has 0 spiro atoms. The highest BCUT2D eigenvalue weighted by molar-refractivity contribution is 5.78. The van der Waals surface area contributed by atoms with Gasteiger partial charge in [0.1, 0.15) is 12.3 Å². The van der Waals surface area contributed by atoms with Crippen LogP contribution in [0.3, 0.4) is 0 Å². The molecule has 28 heavy (non-hydrogen) atoms. The van der Waals surface area contributed by atoms with E-state index < -0.39 is 5.54 Å². The summed E-state index contributed by atoms with van der Waals surface area (Å²) in [6, 6.07) is 17.2. The summed E-state index contributed by atoms with van der Waals surface area (Å²) in [6.45, 7) is 8.01. The van der Waals surface area contributed by atoms with Crippen LogP contribution in [0.1, 0.15) is 32.2 Å². The maximum Gasteiger partial charge on any atom is 0.261 e. The van der Waals surface area contributed by atoms with Gasteiger partial charge < -0.3 is 14.2 Å². The normalized spacial score (nSPS) is 11.3. The maximum absolute atomic E-state index is 12.9. The van der Waals surface area contributed by atoms with Gasteiger partial charge in [0.2, 0.25) is 11.7 Å². The second-order valence-corrected chi connectivity index (χ2v) is 7.58. The quantitative estimate of drug-likeness (QED) is 0.640. The average Bonchev–Trinajstić information content (AvgIpc) is 3.14. The van der Waals surface area contributed by atoms with E-state index in [4.69, 9.17) is 9.26 Å². The number of aromatic nitrogens is 2. The molecule has 1 heterocycles. The zero-order chi connectivity index (χ0) is 20.1. The van der Waals surface area contributed by atoms with E-state index in [2.05, 4.69) is 10.1 Å². The summed E-state index contributed by atoms with van der Waals surface area (Å²) in [5.74, 6) is 1.45. The fourth-order valence-electron chi connectivity index (χ4n) is 2.79. The second-order valence-electron chi connectivity index (χ2n) is 7.58. The number of para-hydroxylation sites is 1. The fraction of sp³-hybridized carbons (Fsp3) is 0.318. The van der Waals surface area contributed by atoms with Crippen LogP contribution in [0, 0.1) is 6.92 Å². The van der Waals surface area contributed by atoms with E-state index in [1.54, 1.807) is 4.90 Å². The largest absolute Gasteiger partial charge is 0.484 e. The highest BCUT2D eigenvalue weighted by atomic mass is 16.5. The first kappa shape index (κ1) is 19.6. The molecular weight excluding hydrogens is 354 g/mol. The van der Waals surface area contributed by atoms with Crippen molar-refractivity contribution in [2.24, 2.45) is 0 Å². The number of benzene rings is 2. The minimum absolute atomic E-state index is 0.0538. The molecule has 146 valence electrons. The molecule has 0 N–H and O–H groups in total. The van der Waals surface area contributed by atoms with E-state index >= 15 is 0 Å². The highest BCUT2D eigenvalue weighted by Gasteiger charge is 2.29. The Balaban J connectivity index is 1.71. The molecule has 0 atom stereocenters. The summed E-state index contributed by atoms with van der Waals surface area (Å²) in [5.41, 5.74) is 1.43. The Morgan fingerprint density at radius 2 is 1.75 bits per heavy atom. The van der Waals surface area contributed by atoms with Crippen LogP contribution < -0.4 is 4.74 Å². The highest BCUT2D eigenvalue weighted by Crippen LogP contribution is 2.21. The van der Waals surface area contributed by atoms with E-state index in [0.717, 1.165) is 11.1 Å². The van der Waals surface area contributed by atoms with Crippen molar-refractivity contribution < 1.29 is 14.1 Å². The van der Waals surface area contributed by atoms with Crippen molar-refractivity contribution in [3.63, 3.8) is 0 Å². The van der Waals surface area contributed by atoms with Crippen LogP contribution in [0.5, 0.6) is 5.75 Å². The van der Waals surface area contributed by atoms with Crippen molar-refractivity contribution in [2.45, 2.75) is 39.8 Å². The van der Waals surface area contributed by atoms with E-state index in [9.17, 15) is 4.79 Å². The van der Waals surface area contributed by atoms with Crippen LogP contribution in [-0.2, 0) is 11.3 Å². The number of rotatable bonds is 6. The number of hydrogen-bond donors (Lipinski definition) is 0. The minimum atomic E-state index is -0.423. The van der Waals surface area contributed by atoms with E-state index in [0.29, 0.717) is 17.5 Å². The number of amides is 1. The Morgan fingerprint density at radius 1 is 1.07 bits per heavy atom. The molecule has 0 aliphatic carbocycles. The van der Waals surface area contributed by atoms with Gasteiger partial charge >= 0.3 is 0 Å². The third-order valence-electron chi connectivity index (χ3n) is 4.35. The third-order valence-corrected chi connectivity index (χ3v) is 4.35. The fourth-order valence-corrected chi connectivity index (χ4v) is 2.79. The number of ether oxygens (including phenoxy) is 1. The Morgan fingerprint density at radius 3 is 2.43 bits per heavy atom. The first-order valence-electron chi connectivity index (χ1n) is 9.21. The molecule has 2 aromatic carbocycles. The zero-order valence-corrected chi connectivity index (χ0v) is 16.7. The SMILES string of the molecule is Cc1ccccc1OCC(=O)N(Cc1nc(-c2ccccc2)no1)C(C)(C)C. The average molecular weight is 379 g/mol. The molecule has 0 aliphatic rings. The van der Waals surface area contributed by atoms with Gasteiger partial charge in [-0.3, -0.25) is 4.79 Å². The summed E-state index contributed by atoms with van der Waals surface area (Å²) in [4.78, 5) is 19.0. The van der Waals surface area contributed by atoms with Gasteiger partial charge in [0.25, 0.3) is 5.91 Å². The van der Waals surface area contributed by atoms with Gasteiger partial charge in [0.05, 0.1) is 0 Å². The first-order chi connectivity index (χ1) is 13.3. The van der Waals surface area contributed by atoms with Crippen LogP contribution >= 0.6 is 0 Å². The van der Waals surface area contributed by atoms with E-state index in [1.807, 2.05) is 82.3 Å². The van der Waals surface area contributed by atoms with Gasteiger partial charge in [-0.2, -0.15) is 4.98 Å². The molecule has 3 aromatic rings. The molecule has 1 aromatic heterocycles. The van der Waals surface area contributed by atoms with Gasteiger partial charge in [-0.1, -0.05) is 53.7 Å². The molecule has 6 nitrogen and oxygen atoms in total. The predicted molar refractivity (Wildman–Crippen MR) is 107 cm³/mol. The topological polar surface area (TPSA) is 68.5 Å². The molecule has 0 unspecified atom stereocenters. The Bertz CT molecular complexity index is 929. The van der Waals surface area contributed by atoms with Crippen LogP contribution in [-0.4, -0.2) is 33.1 Å². The Labute approximate surface area is 165 Å². The summed E-state index contributed by atoms with van der Waals surface area (Å²) in [5, 5.41) is 4.03. The lowest BCUT2D eigenvalue weighted by Gasteiger charge is -2.34. The number of aryl methyl sites for hydroxylation is 1. The zero-order valence-electron chi connectivity index (χ0n) is 16.7. The summed E-state index contributed by atoms with van der Waals surface area (Å²) in [6.07, 6.45) is 0. The lowest BCUT2D eigenvalue weighted by atomic mass is 10.1. The lowest BCUT2D eigenvalue weighted by molar-refractivity contribution is -0.139. The van der Waals surface area contributed by atoms with Crippen molar-refractivity contribution in [3.8, 4) is 17.1 Å². The smallest absolute Gasteiger partial charge is 0.261 e. The van der Waals surface area contributed by atoms with Gasteiger partial charge in [0, 0.05) is 11.1 Å². The number of carbonyl (C=O) groups is 1. The Hall–Kier alpha value is -3.15. The molecule has 1 amide bonds. The van der Waals surface area contributed by atoms with Crippen molar-refractivity contribution in [2.75, 3.05) is 6.61 Å². The van der Waals surface area contributed by atoms with E-state index in [1.165, 1.54) is 0 Å². The molecule has 0 saturated carbocycles. The lowest BCUT2D eigenvalue weighted by Crippen LogP contribution is -2.47. The number of carbonyl (C=O) groups excluding carboxylic acids is 1.